The van der Waals surface area contributed by atoms with Crippen LogP contribution in [0.25, 0.3) is 10.9 Å². The zero-order chi connectivity index (χ0) is 35.7. The number of aliphatic hydroxyl groups is 1. The molecule has 0 spiro atoms. The Morgan fingerprint density at radius 2 is 1.94 bits per heavy atom. The number of amides is 1. The Morgan fingerprint density at radius 3 is 2.64 bits per heavy atom. The Labute approximate surface area is 297 Å². The highest BCUT2D eigenvalue weighted by Crippen LogP contribution is 2.37. The summed E-state index contributed by atoms with van der Waals surface area (Å²) < 4.78 is 24.2. The van der Waals surface area contributed by atoms with E-state index in [1.807, 2.05) is 7.05 Å². The third-order valence-corrected chi connectivity index (χ3v) is 8.11. The van der Waals surface area contributed by atoms with Crippen LogP contribution in [0, 0.1) is 17.1 Å². The van der Waals surface area contributed by atoms with Crippen LogP contribution >= 0.6 is 11.6 Å². The Balaban J connectivity index is 0.00000103. The molecule has 50 heavy (non-hydrogen) atoms. The number of pyridine rings is 1. The molecule has 0 atom stereocenters. The monoisotopic (exact) mass is 703 g/mol. The van der Waals surface area contributed by atoms with Gasteiger partial charge in [-0.3, -0.25) is 9.78 Å². The van der Waals surface area contributed by atoms with Gasteiger partial charge in [-0.25, -0.2) is 4.39 Å². The van der Waals surface area contributed by atoms with Gasteiger partial charge in [0.15, 0.2) is 0 Å². The van der Waals surface area contributed by atoms with E-state index in [-0.39, 0.29) is 36.0 Å². The zero-order valence-electron chi connectivity index (χ0n) is 28.1. The van der Waals surface area contributed by atoms with E-state index in [1.54, 1.807) is 42.5 Å². The number of ether oxygens (including phenoxy) is 2. The first-order valence-corrected chi connectivity index (χ1v) is 17.0. The van der Waals surface area contributed by atoms with Crippen LogP contribution < -0.4 is 15.4 Å². The summed E-state index contributed by atoms with van der Waals surface area (Å²) in [6.45, 7) is 3.81. The lowest BCUT2D eigenvalue weighted by atomic mass is 10.1. The Bertz CT molecular complexity index is 1790. The van der Waals surface area contributed by atoms with Crippen molar-refractivity contribution in [3.8, 4) is 17.6 Å². The van der Waals surface area contributed by atoms with Gasteiger partial charge in [0.05, 0.1) is 27.5 Å². The average Bonchev–Trinajstić information content (AvgIpc) is 3.69. The molecule has 0 aliphatic carbocycles. The minimum absolute atomic E-state index is 0.133. The van der Waals surface area contributed by atoms with Crippen LogP contribution in [0.4, 0.5) is 21.5 Å². The number of halogens is 2. The van der Waals surface area contributed by atoms with E-state index >= 15 is 0 Å². The number of aromatic hydroxyl groups is 1. The zero-order valence-corrected chi connectivity index (χ0v) is 28.9. The number of hydrogen-bond donors (Lipinski definition) is 4. The van der Waals surface area contributed by atoms with Crippen molar-refractivity contribution >= 4 is 45.5 Å². The number of phenols is 1. The molecule has 12 heteroatoms. The van der Waals surface area contributed by atoms with Crippen molar-refractivity contribution in [3.05, 3.63) is 94.9 Å². The average molecular weight is 704 g/mol. The predicted octanol–water partition coefficient (Wildman–Crippen LogP) is 7.70. The molecule has 1 fully saturated rings. The Hall–Kier alpha value is -4.73. The second-order valence-electron chi connectivity index (χ2n) is 11.8. The van der Waals surface area contributed by atoms with Crippen LogP contribution in [0.1, 0.15) is 49.7 Å². The van der Waals surface area contributed by atoms with Gasteiger partial charge in [0, 0.05) is 55.8 Å². The number of carbonyl (C=O) groups is 1. The molecule has 264 valence electrons. The molecular weight excluding hydrogens is 661 g/mol. The second kappa shape index (κ2) is 20.1. The smallest absolute Gasteiger partial charge is 0.248 e. The quantitative estimate of drug-likeness (QED) is 0.0557. The molecule has 0 radical (unpaired) electrons. The maximum Gasteiger partial charge on any atom is 0.248 e. The molecule has 1 saturated heterocycles. The molecule has 0 saturated carbocycles. The number of aliphatic hydroxyl groups excluding tert-OH is 1. The number of nitrogens with zero attached hydrogens (tertiary/aromatic N) is 3. The van der Waals surface area contributed by atoms with Crippen molar-refractivity contribution in [2.75, 3.05) is 50.6 Å². The number of anilines is 3. The minimum atomic E-state index is -0.416. The predicted molar refractivity (Wildman–Crippen MR) is 194 cm³/mol. The summed E-state index contributed by atoms with van der Waals surface area (Å²) in [5.41, 5.74) is 2.44. The number of nitriles is 1. The number of fused-ring (bicyclic) bond motifs is 1. The van der Waals surface area contributed by atoms with E-state index in [1.165, 1.54) is 43.3 Å². The number of phenolic OH excluding ortho intramolecular Hbond substituents is 1. The molecule has 4 N–H and O–H groups in total. The van der Waals surface area contributed by atoms with Gasteiger partial charge in [0.1, 0.15) is 30.0 Å². The van der Waals surface area contributed by atoms with Crippen LogP contribution in [-0.4, -0.2) is 66.0 Å². The molecule has 1 aliphatic rings. The summed E-state index contributed by atoms with van der Waals surface area (Å²) >= 11 is 6.48. The minimum Gasteiger partial charge on any atom is -0.506 e. The first-order chi connectivity index (χ1) is 24.3. The molecular formula is C38H43ClFN5O5. The summed E-state index contributed by atoms with van der Waals surface area (Å²) in [5, 5.41) is 36.0. The fourth-order valence-electron chi connectivity index (χ4n) is 5.14. The highest BCUT2D eigenvalue weighted by atomic mass is 35.5. The third kappa shape index (κ3) is 12.0. The number of likely N-dealkylation sites (N-methyl/N-ethyl adjacent to an activating group) is 1. The van der Waals surface area contributed by atoms with Crippen LogP contribution in [-0.2, 0) is 16.1 Å². The first-order valence-electron chi connectivity index (χ1n) is 16.6. The fraction of sp³-hybridized carbons (Fsp3) is 0.342. The Kier molecular flexibility index (Phi) is 15.3. The summed E-state index contributed by atoms with van der Waals surface area (Å²) in [5.74, 6) is -0.539. The summed E-state index contributed by atoms with van der Waals surface area (Å²) in [7, 11) is 1.97. The van der Waals surface area contributed by atoms with Crippen molar-refractivity contribution in [3.63, 3.8) is 0 Å². The summed E-state index contributed by atoms with van der Waals surface area (Å²) in [6.07, 6.45) is 11.0. The number of hydrogen-bond acceptors (Lipinski definition) is 9. The molecule has 3 aromatic carbocycles. The van der Waals surface area contributed by atoms with Crippen LogP contribution in [0.5, 0.6) is 11.5 Å². The number of aromatic nitrogens is 1. The van der Waals surface area contributed by atoms with Gasteiger partial charge in [-0.05, 0) is 81.2 Å². The lowest BCUT2D eigenvalue weighted by molar-refractivity contribution is -0.111. The van der Waals surface area contributed by atoms with Crippen molar-refractivity contribution in [1.82, 2.24) is 9.88 Å². The van der Waals surface area contributed by atoms with E-state index < -0.39 is 5.91 Å². The van der Waals surface area contributed by atoms with E-state index in [9.17, 15) is 19.6 Å². The van der Waals surface area contributed by atoms with Gasteiger partial charge in [0.2, 0.25) is 5.91 Å². The van der Waals surface area contributed by atoms with Crippen molar-refractivity contribution in [2.24, 2.45) is 0 Å². The lowest BCUT2D eigenvalue weighted by Gasteiger charge is -2.15. The van der Waals surface area contributed by atoms with Crippen LogP contribution in [0.15, 0.2) is 72.9 Å². The number of benzene rings is 3. The number of rotatable bonds is 15. The number of nitrogens with one attached hydrogen (secondary N) is 2. The normalized spacial score (nSPS) is 12.5. The van der Waals surface area contributed by atoms with E-state index in [2.05, 4.69) is 26.6 Å². The Morgan fingerprint density at radius 1 is 1.14 bits per heavy atom. The molecule has 1 aliphatic heterocycles. The molecule has 10 nitrogen and oxygen atoms in total. The molecule has 0 bridgehead atoms. The molecule has 4 aromatic rings. The first kappa shape index (κ1) is 38.1. The molecule has 0 unspecified atom stereocenters. The van der Waals surface area contributed by atoms with Crippen molar-refractivity contribution < 1.29 is 28.9 Å². The van der Waals surface area contributed by atoms with E-state index in [4.69, 9.17) is 26.2 Å². The maximum atomic E-state index is 13.5. The van der Waals surface area contributed by atoms with Crippen molar-refractivity contribution in [1.29, 1.82) is 5.26 Å². The summed E-state index contributed by atoms with van der Waals surface area (Å²) in [4.78, 5) is 19.1. The largest absolute Gasteiger partial charge is 0.506 e. The molecule has 2 heterocycles. The third-order valence-electron chi connectivity index (χ3n) is 7.81. The lowest BCUT2D eigenvalue weighted by Crippen LogP contribution is -2.20. The highest BCUT2D eigenvalue weighted by molar-refractivity contribution is 6.32. The van der Waals surface area contributed by atoms with Gasteiger partial charge >= 0.3 is 0 Å². The molecule has 5 rings (SSSR count). The SMILES string of the molecule is C1CCOC1.CN(C/C=C/C(=O)Nc1cc2c(Nc3ccc(OCc4cccc(F)c4)c(Cl)c3)c(C#N)cnc2cc1O)CCCCCCO. The number of carbonyl (C=O) groups excluding carboxylic acids is 1. The van der Waals surface area contributed by atoms with Crippen molar-refractivity contribution in [2.45, 2.75) is 45.1 Å². The standard InChI is InChI=1S/C34H35ClFN5O4.C4H8O/c1-41(13-4-2-3-5-15-42)14-7-10-33(44)40-30-18-27-29(19-31(30)43)38-21-24(20-37)34(27)39-26-11-12-32(28(35)17-26)45-22-23-8-6-9-25(36)16-23;1-2-4-5-3-1/h6-12,16-19,21,42-43H,2-5,13-15,22H2,1H3,(H,38,39)(H,40,44);1-4H2/b10-7+;. The highest BCUT2D eigenvalue weighted by Gasteiger charge is 2.15. The maximum absolute atomic E-state index is 13.5. The second-order valence-corrected chi connectivity index (χ2v) is 12.3. The fourth-order valence-corrected chi connectivity index (χ4v) is 5.37. The summed E-state index contributed by atoms with van der Waals surface area (Å²) in [6, 6.07) is 16.2. The van der Waals surface area contributed by atoms with Crippen LogP contribution in [0.3, 0.4) is 0 Å². The topological polar surface area (TPSA) is 140 Å². The van der Waals surface area contributed by atoms with Crippen LogP contribution in [0.2, 0.25) is 5.02 Å². The van der Waals surface area contributed by atoms with Gasteiger partial charge in [-0.1, -0.05) is 42.7 Å². The van der Waals surface area contributed by atoms with Gasteiger partial charge in [-0.15, -0.1) is 0 Å². The van der Waals surface area contributed by atoms with E-state index in [0.29, 0.717) is 45.2 Å². The molecule has 1 amide bonds. The van der Waals surface area contributed by atoms with Gasteiger partial charge < -0.3 is 35.2 Å². The number of unbranched alkanes of at least 4 members (excludes halogenated alkanes) is 3. The van der Waals surface area contributed by atoms with Gasteiger partial charge in [-0.2, -0.15) is 5.26 Å². The van der Waals surface area contributed by atoms with E-state index in [0.717, 1.165) is 45.4 Å². The van der Waals surface area contributed by atoms with Gasteiger partial charge in [0.25, 0.3) is 0 Å². The molecule has 1 aromatic heterocycles.